The Balaban J connectivity index is 3.98. The molecule has 0 aromatic rings. The van der Waals surface area contributed by atoms with Gasteiger partial charge >= 0.3 is 14.5 Å². The molecule has 0 aliphatic carbocycles. The smallest absolute Gasteiger partial charge is 0.217 e. The van der Waals surface area contributed by atoms with Crippen molar-refractivity contribution in [2.24, 2.45) is 0 Å². The Morgan fingerprint density at radius 3 is 2.36 bits per heavy atom. The standard InChI is InChI=1S/C4H6F3O2SSi/c1-3-11(2)9-10(8)4(5,6)7/h3H,1H2,2H3/q+1. The van der Waals surface area contributed by atoms with Gasteiger partial charge in [-0.1, -0.05) is 6.58 Å². The van der Waals surface area contributed by atoms with Crippen molar-refractivity contribution in [1.82, 2.24) is 0 Å². The van der Waals surface area contributed by atoms with Crippen LogP contribution < -0.4 is 0 Å². The van der Waals surface area contributed by atoms with Crippen molar-refractivity contribution in [2.75, 3.05) is 0 Å². The molecule has 0 saturated carbocycles. The van der Waals surface area contributed by atoms with Crippen LogP contribution in [0.1, 0.15) is 0 Å². The van der Waals surface area contributed by atoms with E-state index in [0.29, 0.717) is 0 Å². The molecule has 0 spiro atoms. The van der Waals surface area contributed by atoms with E-state index in [1.54, 1.807) is 0 Å². The number of hydrogen-bond donors (Lipinski definition) is 0. The zero-order chi connectivity index (χ0) is 9.07. The highest BCUT2D eigenvalue weighted by molar-refractivity contribution is 7.82. The molecule has 0 radical (unpaired) electrons. The van der Waals surface area contributed by atoms with Crippen molar-refractivity contribution in [1.29, 1.82) is 0 Å². The molecule has 0 aromatic heterocycles. The third kappa shape index (κ3) is 4.33. The van der Waals surface area contributed by atoms with Crippen molar-refractivity contribution in [3.63, 3.8) is 0 Å². The summed E-state index contributed by atoms with van der Waals surface area (Å²) in [6, 6.07) is 0. The Hall–Kier alpha value is -0.143. The zero-order valence-electron chi connectivity index (χ0n) is 5.64. The molecule has 0 heterocycles. The summed E-state index contributed by atoms with van der Waals surface area (Å²) in [6.07, 6.45) is 0. The second kappa shape index (κ2) is 4.03. The normalized spacial score (nSPS) is 14.2. The van der Waals surface area contributed by atoms with Gasteiger partial charge in [-0.05, 0) is 0 Å². The molecule has 0 N–H and O–H groups in total. The van der Waals surface area contributed by atoms with Crippen LogP contribution in [0.5, 0.6) is 0 Å². The Morgan fingerprint density at radius 1 is 1.64 bits per heavy atom. The summed E-state index contributed by atoms with van der Waals surface area (Å²) in [5.74, 6) is 0. The second-order valence-corrected chi connectivity index (χ2v) is 4.81. The Bertz CT molecular complexity index is 169. The van der Waals surface area contributed by atoms with Gasteiger partial charge in [-0.2, -0.15) is 13.2 Å². The fourth-order valence-corrected chi connectivity index (χ4v) is 1.81. The minimum absolute atomic E-state index is 1.23. The summed E-state index contributed by atoms with van der Waals surface area (Å²) in [5.41, 5.74) is -3.55. The van der Waals surface area contributed by atoms with Crippen molar-refractivity contribution >= 4 is 20.1 Å². The van der Waals surface area contributed by atoms with Gasteiger partial charge in [0.25, 0.3) is 11.1 Å². The molecular weight excluding hydrogens is 197 g/mol. The molecule has 7 heteroatoms. The molecule has 0 aromatic carbocycles. The molecule has 0 bridgehead atoms. The number of rotatable bonds is 3. The van der Waals surface area contributed by atoms with E-state index in [1.165, 1.54) is 12.2 Å². The maximum absolute atomic E-state index is 11.5. The van der Waals surface area contributed by atoms with Crippen LogP contribution in [0.2, 0.25) is 6.55 Å². The summed E-state index contributed by atoms with van der Waals surface area (Å²) in [5, 5.41) is 0. The van der Waals surface area contributed by atoms with Crippen molar-refractivity contribution in [3.05, 3.63) is 12.3 Å². The molecule has 2 nitrogen and oxygen atoms in total. The zero-order valence-corrected chi connectivity index (χ0v) is 7.46. The van der Waals surface area contributed by atoms with Crippen LogP contribution in [-0.4, -0.2) is 18.8 Å². The van der Waals surface area contributed by atoms with Gasteiger partial charge in [0.2, 0.25) is 0 Å². The lowest BCUT2D eigenvalue weighted by Crippen LogP contribution is -2.24. The topological polar surface area (TPSA) is 26.3 Å². The van der Waals surface area contributed by atoms with Crippen LogP contribution in [-0.2, 0) is 15.0 Å². The van der Waals surface area contributed by atoms with Gasteiger partial charge < -0.3 is 0 Å². The van der Waals surface area contributed by atoms with E-state index in [1.807, 2.05) is 0 Å². The molecule has 0 aliphatic heterocycles. The van der Waals surface area contributed by atoms with Gasteiger partial charge in [0.15, 0.2) is 0 Å². The van der Waals surface area contributed by atoms with E-state index >= 15 is 0 Å². The molecule has 0 rings (SSSR count). The first-order chi connectivity index (χ1) is 4.88. The highest BCUT2D eigenvalue weighted by Crippen LogP contribution is 2.21. The summed E-state index contributed by atoms with van der Waals surface area (Å²) in [7, 11) is -1.77. The summed E-state index contributed by atoms with van der Waals surface area (Å²) >= 11 is -3.19. The van der Waals surface area contributed by atoms with E-state index in [4.69, 9.17) is 0 Å². The molecule has 64 valence electrons. The molecule has 0 amide bonds. The van der Waals surface area contributed by atoms with Gasteiger partial charge in [-0.25, -0.2) is 4.21 Å². The van der Waals surface area contributed by atoms with Crippen LogP contribution in [0.3, 0.4) is 0 Å². The van der Waals surface area contributed by atoms with E-state index in [9.17, 15) is 17.4 Å². The van der Waals surface area contributed by atoms with E-state index in [0.717, 1.165) is 0 Å². The second-order valence-electron chi connectivity index (χ2n) is 1.58. The Kier molecular flexibility index (Phi) is 3.97. The van der Waals surface area contributed by atoms with Crippen molar-refractivity contribution < 1.29 is 21.3 Å². The maximum Gasteiger partial charge on any atom is 0.525 e. The van der Waals surface area contributed by atoms with E-state index < -0.39 is 25.6 Å². The summed E-state index contributed by atoms with van der Waals surface area (Å²) < 4.78 is 48.8. The number of hydrogen-bond acceptors (Lipinski definition) is 2. The van der Waals surface area contributed by atoms with Crippen molar-refractivity contribution in [3.8, 4) is 0 Å². The third-order valence-electron chi connectivity index (χ3n) is 0.684. The van der Waals surface area contributed by atoms with Gasteiger partial charge in [0.1, 0.15) is 0 Å². The lowest BCUT2D eigenvalue weighted by Gasteiger charge is -1.99. The Labute approximate surface area is 66.4 Å². The molecule has 1 atom stereocenters. The number of halogens is 3. The highest BCUT2D eigenvalue weighted by Gasteiger charge is 2.43. The first-order valence-electron chi connectivity index (χ1n) is 2.51. The van der Waals surface area contributed by atoms with Gasteiger partial charge in [0, 0.05) is 0 Å². The van der Waals surface area contributed by atoms with Crippen molar-refractivity contribution in [2.45, 2.75) is 12.1 Å². The predicted molar refractivity (Wildman–Crippen MR) is 37.1 cm³/mol. The van der Waals surface area contributed by atoms with E-state index in [-0.39, 0.29) is 0 Å². The first-order valence-corrected chi connectivity index (χ1v) is 5.57. The van der Waals surface area contributed by atoms with Crippen LogP contribution in [0.15, 0.2) is 12.3 Å². The average molecular weight is 203 g/mol. The van der Waals surface area contributed by atoms with Gasteiger partial charge in [0.05, 0.1) is 12.2 Å². The molecule has 11 heavy (non-hydrogen) atoms. The van der Waals surface area contributed by atoms with Crippen LogP contribution >= 0.6 is 0 Å². The van der Waals surface area contributed by atoms with Gasteiger partial charge in [-0.3, -0.25) is 0 Å². The lowest BCUT2D eigenvalue weighted by molar-refractivity contribution is -0.0438. The van der Waals surface area contributed by atoms with Crippen LogP contribution in [0.4, 0.5) is 13.2 Å². The Morgan fingerprint density at radius 2 is 2.09 bits per heavy atom. The van der Waals surface area contributed by atoms with Gasteiger partial charge in [-0.15, -0.1) is 3.87 Å². The molecule has 0 aliphatic rings. The quantitative estimate of drug-likeness (QED) is 0.650. The average Bonchev–Trinajstić information content (AvgIpc) is 1.85. The maximum atomic E-state index is 11.5. The van der Waals surface area contributed by atoms with E-state index in [2.05, 4.69) is 10.5 Å². The summed E-state index contributed by atoms with van der Waals surface area (Å²) in [4.78, 5) is 0. The minimum atomic E-state index is -4.78. The first kappa shape index (κ1) is 10.9. The minimum Gasteiger partial charge on any atom is -0.217 e. The monoisotopic (exact) mass is 203 g/mol. The number of alkyl halides is 3. The molecule has 0 fully saturated rings. The lowest BCUT2D eigenvalue weighted by atomic mass is 11.3. The fraction of sp³-hybridized carbons (Fsp3) is 0.500. The third-order valence-corrected chi connectivity index (χ3v) is 3.29. The molecule has 0 saturated heterocycles. The SMILES string of the molecule is C=C[Si+](C)OS(=O)C(F)(F)F. The van der Waals surface area contributed by atoms with Crippen LogP contribution in [0, 0.1) is 0 Å². The molecular formula is C4H6F3O2SSi+. The molecule has 1 unspecified atom stereocenters. The predicted octanol–water partition coefficient (Wildman–Crippen LogP) is 1.53. The van der Waals surface area contributed by atoms with Crippen LogP contribution in [0.25, 0.3) is 0 Å². The highest BCUT2D eigenvalue weighted by atomic mass is 32.2. The summed E-state index contributed by atoms with van der Waals surface area (Å²) in [6.45, 7) is 4.63. The largest absolute Gasteiger partial charge is 0.525 e. The fourth-order valence-electron chi connectivity index (χ4n) is 0.201.